The molecule has 1 N–H and O–H groups in total. The third-order valence-corrected chi connectivity index (χ3v) is 4.46. The van der Waals surface area contributed by atoms with Crippen LogP contribution < -0.4 is 9.47 Å². The topological polar surface area (TPSA) is 70.9 Å². The van der Waals surface area contributed by atoms with Crippen LogP contribution in [-0.2, 0) is 0 Å². The van der Waals surface area contributed by atoms with Gasteiger partial charge in [0, 0.05) is 0 Å². The van der Waals surface area contributed by atoms with E-state index in [4.69, 9.17) is 9.47 Å². The van der Waals surface area contributed by atoms with Crippen LogP contribution in [0.4, 0.5) is 0 Å². The van der Waals surface area contributed by atoms with E-state index in [2.05, 4.69) is 29.9 Å². The number of rotatable bonds is 7. The second-order valence-electron chi connectivity index (χ2n) is 7.22. The van der Waals surface area contributed by atoms with Gasteiger partial charge in [-0.3, -0.25) is 0 Å². The minimum Gasteiger partial charge on any atom is -0.493 e. The van der Waals surface area contributed by atoms with Gasteiger partial charge >= 0.3 is 0 Å². The number of aromatic amines is 1. The minimum absolute atomic E-state index is 0.462. The summed E-state index contributed by atoms with van der Waals surface area (Å²) >= 11 is 0. The summed E-state index contributed by atoms with van der Waals surface area (Å²) in [6, 6.07) is 13.9. The molecule has 3 rings (SSSR count). The van der Waals surface area contributed by atoms with Gasteiger partial charge in [-0.2, -0.15) is 5.26 Å². The number of H-pyrrole nitrogens is 1. The molecule has 1 heterocycles. The second-order valence-corrected chi connectivity index (χ2v) is 7.22. The third-order valence-electron chi connectivity index (χ3n) is 4.46. The predicted molar refractivity (Wildman–Crippen MR) is 112 cm³/mol. The van der Waals surface area contributed by atoms with Crippen molar-refractivity contribution in [2.45, 2.75) is 27.2 Å². The number of hydrogen-bond donors (Lipinski definition) is 1. The van der Waals surface area contributed by atoms with E-state index in [-0.39, 0.29) is 0 Å². The number of aryl methyl sites for hydroxylation is 1. The fourth-order valence-electron chi connectivity index (χ4n) is 2.87. The number of allylic oxidation sites excluding steroid dienone is 1. The first kappa shape index (κ1) is 19.5. The normalized spacial score (nSPS) is 11.6. The maximum Gasteiger partial charge on any atom is 0.161 e. The summed E-state index contributed by atoms with van der Waals surface area (Å²) in [5.74, 6) is 2.49. The van der Waals surface area contributed by atoms with Gasteiger partial charge in [0.15, 0.2) is 11.5 Å². The van der Waals surface area contributed by atoms with E-state index >= 15 is 0 Å². The molecule has 0 aliphatic carbocycles. The summed E-state index contributed by atoms with van der Waals surface area (Å²) < 4.78 is 11.3. The first-order chi connectivity index (χ1) is 13.5. The largest absolute Gasteiger partial charge is 0.493 e. The maximum atomic E-state index is 9.64. The summed E-state index contributed by atoms with van der Waals surface area (Å²) in [5, 5.41) is 9.64. The van der Waals surface area contributed by atoms with Crippen LogP contribution >= 0.6 is 0 Å². The number of nitrogens with zero attached hydrogens (tertiary/aromatic N) is 2. The summed E-state index contributed by atoms with van der Waals surface area (Å²) in [4.78, 5) is 7.76. The highest BCUT2D eigenvalue weighted by Gasteiger charge is 2.10. The molecule has 28 heavy (non-hydrogen) atoms. The Balaban J connectivity index is 1.88. The molecule has 0 unspecified atom stereocenters. The second kappa shape index (κ2) is 8.62. The van der Waals surface area contributed by atoms with Crippen molar-refractivity contribution in [3.05, 3.63) is 53.3 Å². The highest BCUT2D eigenvalue weighted by atomic mass is 16.5. The van der Waals surface area contributed by atoms with Gasteiger partial charge in [-0.25, -0.2) is 4.98 Å². The zero-order valence-corrected chi connectivity index (χ0v) is 16.7. The van der Waals surface area contributed by atoms with Crippen molar-refractivity contribution in [1.82, 2.24) is 9.97 Å². The number of nitriles is 1. The number of benzene rings is 2. The van der Waals surface area contributed by atoms with Gasteiger partial charge in [-0.15, -0.1) is 0 Å². The van der Waals surface area contributed by atoms with E-state index < -0.39 is 0 Å². The van der Waals surface area contributed by atoms with Crippen LogP contribution in [0.15, 0.2) is 36.4 Å². The standard InChI is InChI=1S/C23H25N3O2/c1-15(2)9-10-28-21-8-6-17(13-22(21)27-4)12-18(14-24)23-25-19-7-5-16(3)11-20(19)26-23/h5-8,11-13,15H,9-10H2,1-4H3,(H,25,26)/b18-12-. The maximum absolute atomic E-state index is 9.64. The molecule has 0 atom stereocenters. The predicted octanol–water partition coefficient (Wildman–Crippen LogP) is 5.37. The lowest BCUT2D eigenvalue weighted by Gasteiger charge is -2.12. The van der Waals surface area contributed by atoms with Crippen LogP contribution in [0.2, 0.25) is 0 Å². The molecular formula is C23H25N3O2. The monoisotopic (exact) mass is 375 g/mol. The number of nitrogens with one attached hydrogen (secondary N) is 1. The van der Waals surface area contributed by atoms with Gasteiger partial charge in [-0.1, -0.05) is 26.0 Å². The number of hydrogen-bond acceptors (Lipinski definition) is 4. The van der Waals surface area contributed by atoms with Crippen LogP contribution in [-0.4, -0.2) is 23.7 Å². The van der Waals surface area contributed by atoms with E-state index in [9.17, 15) is 5.26 Å². The van der Waals surface area contributed by atoms with Crippen molar-refractivity contribution in [1.29, 1.82) is 5.26 Å². The van der Waals surface area contributed by atoms with Crippen molar-refractivity contribution in [2.75, 3.05) is 13.7 Å². The van der Waals surface area contributed by atoms with E-state index in [0.29, 0.717) is 35.4 Å². The van der Waals surface area contributed by atoms with Gasteiger partial charge < -0.3 is 14.5 Å². The molecule has 0 saturated carbocycles. The Bertz CT molecular complexity index is 1040. The third kappa shape index (κ3) is 4.52. The summed E-state index contributed by atoms with van der Waals surface area (Å²) in [5.41, 5.74) is 4.21. The molecule has 0 spiro atoms. The fourth-order valence-corrected chi connectivity index (χ4v) is 2.87. The highest BCUT2D eigenvalue weighted by molar-refractivity contribution is 5.90. The zero-order chi connectivity index (χ0) is 20.1. The summed E-state index contributed by atoms with van der Waals surface area (Å²) in [7, 11) is 1.62. The van der Waals surface area contributed by atoms with Gasteiger partial charge in [-0.05, 0) is 60.7 Å². The molecule has 5 heteroatoms. The Kier molecular flexibility index (Phi) is 6.00. The summed E-state index contributed by atoms with van der Waals surface area (Å²) in [6.07, 6.45) is 2.78. The SMILES string of the molecule is COc1cc(/C=C(/C#N)c2nc3ccc(C)cc3[nH]2)ccc1OCCC(C)C. The van der Waals surface area contributed by atoms with Crippen molar-refractivity contribution in [2.24, 2.45) is 5.92 Å². The average Bonchev–Trinajstić information content (AvgIpc) is 3.09. The number of imidazole rings is 1. The van der Waals surface area contributed by atoms with Crippen LogP contribution in [0, 0.1) is 24.2 Å². The van der Waals surface area contributed by atoms with Crippen molar-refractivity contribution in [3.63, 3.8) is 0 Å². The lowest BCUT2D eigenvalue weighted by atomic mass is 10.1. The Morgan fingerprint density at radius 1 is 1.21 bits per heavy atom. The first-order valence-electron chi connectivity index (χ1n) is 9.39. The minimum atomic E-state index is 0.462. The lowest BCUT2D eigenvalue weighted by Crippen LogP contribution is -2.02. The van der Waals surface area contributed by atoms with Crippen molar-refractivity contribution in [3.8, 4) is 17.6 Å². The van der Waals surface area contributed by atoms with E-state index in [1.165, 1.54) is 0 Å². The van der Waals surface area contributed by atoms with Gasteiger partial charge in [0.2, 0.25) is 0 Å². The average molecular weight is 375 g/mol. The van der Waals surface area contributed by atoms with Crippen LogP contribution in [0.5, 0.6) is 11.5 Å². The molecule has 144 valence electrons. The van der Waals surface area contributed by atoms with E-state index in [1.54, 1.807) is 13.2 Å². The molecule has 0 radical (unpaired) electrons. The van der Waals surface area contributed by atoms with Crippen LogP contribution in [0.25, 0.3) is 22.7 Å². The van der Waals surface area contributed by atoms with Crippen molar-refractivity contribution < 1.29 is 9.47 Å². The molecule has 0 amide bonds. The molecule has 0 bridgehead atoms. The summed E-state index contributed by atoms with van der Waals surface area (Å²) in [6.45, 7) is 7.00. The molecule has 3 aromatic rings. The molecule has 1 aromatic heterocycles. The Hall–Kier alpha value is -3.26. The fraction of sp³-hybridized carbons (Fsp3) is 0.304. The highest BCUT2D eigenvalue weighted by Crippen LogP contribution is 2.30. The smallest absolute Gasteiger partial charge is 0.161 e. The Morgan fingerprint density at radius 3 is 2.75 bits per heavy atom. The molecule has 0 saturated heterocycles. The molecule has 2 aromatic carbocycles. The Labute approximate surface area is 165 Å². The van der Waals surface area contributed by atoms with Gasteiger partial charge in [0.05, 0.1) is 30.3 Å². The molecular weight excluding hydrogens is 350 g/mol. The van der Waals surface area contributed by atoms with Crippen molar-refractivity contribution >= 4 is 22.7 Å². The number of fused-ring (bicyclic) bond motifs is 1. The van der Waals surface area contributed by atoms with E-state index in [0.717, 1.165) is 28.6 Å². The number of ether oxygens (including phenoxy) is 2. The van der Waals surface area contributed by atoms with Crippen LogP contribution in [0.3, 0.4) is 0 Å². The van der Waals surface area contributed by atoms with Gasteiger partial charge in [0.25, 0.3) is 0 Å². The Morgan fingerprint density at radius 2 is 2.04 bits per heavy atom. The quantitative estimate of drug-likeness (QED) is 0.564. The van der Waals surface area contributed by atoms with Gasteiger partial charge in [0.1, 0.15) is 11.9 Å². The number of methoxy groups -OCH3 is 1. The van der Waals surface area contributed by atoms with E-state index in [1.807, 2.05) is 43.3 Å². The molecule has 0 aliphatic heterocycles. The lowest BCUT2D eigenvalue weighted by molar-refractivity contribution is 0.273. The first-order valence-corrected chi connectivity index (χ1v) is 9.39. The molecule has 0 aliphatic rings. The molecule has 5 nitrogen and oxygen atoms in total. The zero-order valence-electron chi connectivity index (χ0n) is 16.7. The van der Waals surface area contributed by atoms with Crippen LogP contribution in [0.1, 0.15) is 37.2 Å². The number of aromatic nitrogens is 2. The molecule has 0 fully saturated rings.